The van der Waals surface area contributed by atoms with E-state index in [-0.39, 0.29) is 5.91 Å². The van der Waals surface area contributed by atoms with Crippen molar-refractivity contribution in [2.45, 2.75) is 38.6 Å². The Morgan fingerprint density at radius 1 is 1.39 bits per heavy atom. The largest absolute Gasteiger partial charge is 0.356 e. The van der Waals surface area contributed by atoms with Gasteiger partial charge in [0.25, 0.3) is 0 Å². The van der Waals surface area contributed by atoms with Crippen molar-refractivity contribution >= 4 is 5.91 Å². The second kappa shape index (κ2) is 6.55. The summed E-state index contributed by atoms with van der Waals surface area (Å²) in [6.07, 6.45) is 4.04. The number of carbonyl (C=O) groups excluding carboxylic acids is 1. The van der Waals surface area contributed by atoms with Crippen LogP contribution in [0.4, 0.5) is 0 Å². The van der Waals surface area contributed by atoms with E-state index < -0.39 is 0 Å². The molecule has 3 nitrogen and oxygen atoms in total. The Morgan fingerprint density at radius 2 is 2.17 bits per heavy atom. The molecule has 1 amide bonds. The van der Waals surface area contributed by atoms with E-state index in [1.54, 1.807) is 0 Å². The zero-order valence-electron chi connectivity index (χ0n) is 11.0. The molecule has 0 aromatic heterocycles. The third-order valence-corrected chi connectivity index (χ3v) is 3.46. The maximum atomic E-state index is 11.7. The van der Waals surface area contributed by atoms with Gasteiger partial charge in [0.05, 0.1) is 6.42 Å². The zero-order chi connectivity index (χ0) is 12.8. The van der Waals surface area contributed by atoms with Crippen LogP contribution in [0.3, 0.4) is 0 Å². The molecule has 1 aromatic rings. The van der Waals surface area contributed by atoms with Gasteiger partial charge in [-0.3, -0.25) is 4.79 Å². The molecule has 18 heavy (non-hydrogen) atoms. The van der Waals surface area contributed by atoms with Crippen molar-refractivity contribution in [2.75, 3.05) is 13.1 Å². The molecule has 1 saturated heterocycles. The van der Waals surface area contributed by atoms with Crippen molar-refractivity contribution in [3.05, 3.63) is 35.4 Å². The number of amides is 1. The second-order valence-corrected chi connectivity index (χ2v) is 5.09. The first-order valence-corrected chi connectivity index (χ1v) is 6.79. The summed E-state index contributed by atoms with van der Waals surface area (Å²) in [6, 6.07) is 8.74. The van der Waals surface area contributed by atoms with E-state index in [0.29, 0.717) is 12.5 Å². The Labute approximate surface area is 109 Å². The molecule has 0 aliphatic carbocycles. The number of nitrogens with one attached hydrogen (secondary N) is 2. The van der Waals surface area contributed by atoms with Crippen LogP contribution in [0.1, 0.15) is 30.4 Å². The summed E-state index contributed by atoms with van der Waals surface area (Å²) >= 11 is 0. The summed E-state index contributed by atoms with van der Waals surface area (Å²) in [4.78, 5) is 11.7. The van der Waals surface area contributed by atoms with Crippen molar-refractivity contribution in [3.8, 4) is 0 Å². The summed E-state index contributed by atoms with van der Waals surface area (Å²) < 4.78 is 0. The van der Waals surface area contributed by atoms with Gasteiger partial charge in [0.15, 0.2) is 0 Å². The van der Waals surface area contributed by atoms with Crippen LogP contribution in [0.2, 0.25) is 0 Å². The highest BCUT2D eigenvalue weighted by atomic mass is 16.1. The lowest BCUT2D eigenvalue weighted by Gasteiger charge is -2.10. The molecule has 1 fully saturated rings. The first-order chi connectivity index (χ1) is 8.74. The number of hydrogen-bond acceptors (Lipinski definition) is 2. The molecule has 3 heteroatoms. The third-order valence-electron chi connectivity index (χ3n) is 3.46. The van der Waals surface area contributed by atoms with Crippen LogP contribution in [0.5, 0.6) is 0 Å². The summed E-state index contributed by atoms with van der Waals surface area (Å²) in [5.74, 6) is 0.122. The normalized spacial score (nSPS) is 18.8. The average Bonchev–Trinajstić information content (AvgIpc) is 2.85. The minimum atomic E-state index is 0.122. The van der Waals surface area contributed by atoms with Crippen molar-refractivity contribution in [1.29, 1.82) is 0 Å². The van der Waals surface area contributed by atoms with E-state index in [2.05, 4.69) is 17.6 Å². The number of benzene rings is 1. The smallest absolute Gasteiger partial charge is 0.224 e. The minimum absolute atomic E-state index is 0.122. The zero-order valence-corrected chi connectivity index (χ0v) is 11.0. The molecule has 1 unspecified atom stereocenters. The highest BCUT2D eigenvalue weighted by Crippen LogP contribution is 2.07. The van der Waals surface area contributed by atoms with Gasteiger partial charge >= 0.3 is 0 Å². The fraction of sp³-hybridized carbons (Fsp3) is 0.533. The Hall–Kier alpha value is -1.35. The molecule has 0 saturated carbocycles. The van der Waals surface area contributed by atoms with Crippen LogP contribution in [0.15, 0.2) is 24.3 Å². The standard InChI is InChI=1S/C15H22N2O/c1-12-4-6-13(7-5-12)11-15(18)17-10-8-14-3-2-9-16-14/h4-7,14,16H,2-3,8-11H2,1H3,(H,17,18). The molecule has 0 spiro atoms. The summed E-state index contributed by atoms with van der Waals surface area (Å²) in [5.41, 5.74) is 2.31. The highest BCUT2D eigenvalue weighted by molar-refractivity contribution is 5.78. The Balaban J connectivity index is 1.66. The summed E-state index contributed by atoms with van der Waals surface area (Å²) in [6.45, 7) is 3.96. The lowest BCUT2D eigenvalue weighted by atomic mass is 10.1. The van der Waals surface area contributed by atoms with Crippen LogP contribution in [0, 0.1) is 6.92 Å². The Bertz CT molecular complexity index is 380. The molecule has 1 heterocycles. The quantitative estimate of drug-likeness (QED) is 0.831. The number of rotatable bonds is 5. The van der Waals surface area contributed by atoms with Gasteiger partial charge in [-0.15, -0.1) is 0 Å². The van der Waals surface area contributed by atoms with E-state index in [1.165, 1.54) is 18.4 Å². The van der Waals surface area contributed by atoms with E-state index in [9.17, 15) is 4.79 Å². The Morgan fingerprint density at radius 3 is 2.83 bits per heavy atom. The SMILES string of the molecule is Cc1ccc(CC(=O)NCCC2CCCN2)cc1. The van der Waals surface area contributed by atoms with Crippen molar-refractivity contribution in [2.24, 2.45) is 0 Å². The predicted molar refractivity (Wildman–Crippen MR) is 73.5 cm³/mol. The average molecular weight is 246 g/mol. The fourth-order valence-electron chi connectivity index (χ4n) is 2.34. The van der Waals surface area contributed by atoms with E-state index in [4.69, 9.17) is 0 Å². The lowest BCUT2D eigenvalue weighted by molar-refractivity contribution is -0.120. The van der Waals surface area contributed by atoms with Gasteiger partial charge in [0.1, 0.15) is 0 Å². The fourth-order valence-corrected chi connectivity index (χ4v) is 2.34. The van der Waals surface area contributed by atoms with Crippen LogP contribution in [-0.4, -0.2) is 25.0 Å². The van der Waals surface area contributed by atoms with Gasteiger partial charge in [0.2, 0.25) is 5.91 Å². The number of hydrogen-bond donors (Lipinski definition) is 2. The van der Waals surface area contributed by atoms with Crippen LogP contribution >= 0.6 is 0 Å². The maximum absolute atomic E-state index is 11.7. The molecular weight excluding hydrogens is 224 g/mol. The Kier molecular flexibility index (Phi) is 4.76. The number of aryl methyl sites for hydroxylation is 1. The van der Waals surface area contributed by atoms with Crippen molar-refractivity contribution in [1.82, 2.24) is 10.6 Å². The monoisotopic (exact) mass is 246 g/mol. The molecule has 1 aromatic carbocycles. The maximum Gasteiger partial charge on any atom is 0.224 e. The van der Waals surface area contributed by atoms with Gasteiger partial charge in [0, 0.05) is 12.6 Å². The molecule has 0 radical (unpaired) electrons. The van der Waals surface area contributed by atoms with Crippen LogP contribution in [-0.2, 0) is 11.2 Å². The van der Waals surface area contributed by atoms with E-state index >= 15 is 0 Å². The van der Waals surface area contributed by atoms with Crippen molar-refractivity contribution < 1.29 is 4.79 Å². The molecule has 98 valence electrons. The van der Waals surface area contributed by atoms with E-state index in [0.717, 1.165) is 25.1 Å². The molecule has 1 atom stereocenters. The van der Waals surface area contributed by atoms with Gasteiger partial charge in [-0.05, 0) is 38.3 Å². The van der Waals surface area contributed by atoms with Crippen LogP contribution in [0.25, 0.3) is 0 Å². The molecule has 0 bridgehead atoms. The summed E-state index contributed by atoms with van der Waals surface area (Å²) in [5, 5.41) is 6.43. The molecule has 2 rings (SSSR count). The number of carbonyl (C=O) groups is 1. The summed E-state index contributed by atoms with van der Waals surface area (Å²) in [7, 11) is 0. The lowest BCUT2D eigenvalue weighted by Crippen LogP contribution is -2.31. The van der Waals surface area contributed by atoms with Crippen LogP contribution < -0.4 is 10.6 Å². The van der Waals surface area contributed by atoms with Crippen molar-refractivity contribution in [3.63, 3.8) is 0 Å². The third kappa shape index (κ3) is 4.15. The first-order valence-electron chi connectivity index (χ1n) is 6.79. The molecule has 2 N–H and O–H groups in total. The molecular formula is C15H22N2O. The molecule has 1 aliphatic heterocycles. The van der Waals surface area contributed by atoms with Gasteiger partial charge in [-0.1, -0.05) is 29.8 Å². The molecule has 1 aliphatic rings. The first kappa shape index (κ1) is 13.1. The topological polar surface area (TPSA) is 41.1 Å². The highest BCUT2D eigenvalue weighted by Gasteiger charge is 2.13. The predicted octanol–water partition coefficient (Wildman–Crippen LogP) is 1.80. The van der Waals surface area contributed by atoms with Gasteiger partial charge in [-0.2, -0.15) is 0 Å². The second-order valence-electron chi connectivity index (χ2n) is 5.09. The van der Waals surface area contributed by atoms with Gasteiger partial charge < -0.3 is 10.6 Å². The van der Waals surface area contributed by atoms with E-state index in [1.807, 2.05) is 24.3 Å². The van der Waals surface area contributed by atoms with Gasteiger partial charge in [-0.25, -0.2) is 0 Å². The minimum Gasteiger partial charge on any atom is -0.356 e.